The van der Waals surface area contributed by atoms with Crippen LogP contribution in [0.2, 0.25) is 5.02 Å². The van der Waals surface area contributed by atoms with Crippen molar-refractivity contribution in [2.45, 2.75) is 41.4 Å². The minimum atomic E-state index is -1.15. The SMILES string of the molecule is Nc1ccc(Cl)c(S(=O)C2CCOC3(CCOCC3)C2)c1. The normalized spacial score (nSPS) is 26.6. The van der Waals surface area contributed by atoms with E-state index in [-0.39, 0.29) is 10.9 Å². The molecule has 0 aromatic heterocycles. The molecule has 116 valence electrons. The van der Waals surface area contributed by atoms with Gasteiger partial charge in [0.05, 0.1) is 26.3 Å². The van der Waals surface area contributed by atoms with E-state index in [0.29, 0.717) is 22.2 Å². The van der Waals surface area contributed by atoms with Gasteiger partial charge in [0, 0.05) is 30.8 Å². The number of anilines is 1. The van der Waals surface area contributed by atoms with E-state index in [1.54, 1.807) is 18.2 Å². The van der Waals surface area contributed by atoms with E-state index in [1.165, 1.54) is 0 Å². The van der Waals surface area contributed by atoms with Gasteiger partial charge in [-0.2, -0.15) is 0 Å². The van der Waals surface area contributed by atoms with Gasteiger partial charge in [0.2, 0.25) is 0 Å². The Bertz CT molecular complexity index is 540. The second-order valence-electron chi connectivity index (χ2n) is 5.75. The van der Waals surface area contributed by atoms with Crippen LogP contribution in [0.5, 0.6) is 0 Å². The summed E-state index contributed by atoms with van der Waals surface area (Å²) in [5.74, 6) is 0. The summed E-state index contributed by atoms with van der Waals surface area (Å²) in [7, 11) is -1.15. The van der Waals surface area contributed by atoms with Crippen molar-refractivity contribution in [1.29, 1.82) is 0 Å². The topological polar surface area (TPSA) is 61.6 Å². The molecule has 2 heterocycles. The van der Waals surface area contributed by atoms with Gasteiger partial charge in [0.25, 0.3) is 0 Å². The first-order valence-corrected chi connectivity index (χ1v) is 8.86. The van der Waals surface area contributed by atoms with Crippen molar-refractivity contribution in [2.75, 3.05) is 25.6 Å². The maximum atomic E-state index is 12.9. The van der Waals surface area contributed by atoms with Crippen LogP contribution < -0.4 is 5.73 Å². The average molecular weight is 330 g/mol. The molecular weight excluding hydrogens is 310 g/mol. The van der Waals surface area contributed by atoms with Crippen LogP contribution in [0.4, 0.5) is 5.69 Å². The fourth-order valence-corrected chi connectivity index (χ4v) is 5.09. The lowest BCUT2D eigenvalue weighted by molar-refractivity contribution is -0.131. The molecule has 1 aromatic rings. The zero-order valence-electron chi connectivity index (χ0n) is 11.8. The molecule has 1 aromatic carbocycles. The second-order valence-corrected chi connectivity index (χ2v) is 7.85. The van der Waals surface area contributed by atoms with Crippen LogP contribution in [0.15, 0.2) is 23.1 Å². The van der Waals surface area contributed by atoms with Crippen LogP contribution in [0.1, 0.15) is 25.7 Å². The summed E-state index contributed by atoms with van der Waals surface area (Å²) in [6.07, 6.45) is 3.35. The molecule has 0 bridgehead atoms. The van der Waals surface area contributed by atoms with Crippen molar-refractivity contribution in [3.8, 4) is 0 Å². The zero-order valence-corrected chi connectivity index (χ0v) is 13.4. The fraction of sp³-hybridized carbons (Fsp3) is 0.600. The zero-order chi connectivity index (χ0) is 14.9. The quantitative estimate of drug-likeness (QED) is 0.847. The Labute approximate surface area is 132 Å². The summed E-state index contributed by atoms with van der Waals surface area (Å²) < 4.78 is 24.3. The van der Waals surface area contributed by atoms with Gasteiger partial charge in [0.15, 0.2) is 0 Å². The third-order valence-electron chi connectivity index (χ3n) is 4.33. The largest absolute Gasteiger partial charge is 0.399 e. The van der Waals surface area contributed by atoms with Crippen molar-refractivity contribution in [3.05, 3.63) is 23.2 Å². The molecule has 0 amide bonds. The lowest BCUT2D eigenvalue weighted by atomic mass is 9.86. The van der Waals surface area contributed by atoms with Gasteiger partial charge in [0.1, 0.15) is 0 Å². The lowest BCUT2D eigenvalue weighted by Crippen LogP contribution is -2.46. The number of halogens is 1. The van der Waals surface area contributed by atoms with Gasteiger partial charge in [-0.25, -0.2) is 0 Å². The molecule has 2 fully saturated rings. The van der Waals surface area contributed by atoms with Crippen LogP contribution in [-0.2, 0) is 20.3 Å². The highest BCUT2D eigenvalue weighted by Gasteiger charge is 2.41. The molecule has 2 aliphatic rings. The molecule has 2 aliphatic heterocycles. The molecule has 2 N–H and O–H groups in total. The Morgan fingerprint density at radius 1 is 1.29 bits per heavy atom. The van der Waals surface area contributed by atoms with E-state index in [2.05, 4.69) is 0 Å². The minimum Gasteiger partial charge on any atom is -0.399 e. The third kappa shape index (κ3) is 3.26. The van der Waals surface area contributed by atoms with Crippen LogP contribution >= 0.6 is 11.6 Å². The van der Waals surface area contributed by atoms with E-state index < -0.39 is 10.8 Å². The highest BCUT2D eigenvalue weighted by Crippen LogP contribution is 2.38. The Morgan fingerprint density at radius 2 is 2.05 bits per heavy atom. The van der Waals surface area contributed by atoms with Gasteiger partial charge in [-0.15, -0.1) is 0 Å². The lowest BCUT2D eigenvalue weighted by Gasteiger charge is -2.43. The Hall–Kier alpha value is -0.620. The second kappa shape index (κ2) is 6.24. The molecule has 0 saturated carbocycles. The van der Waals surface area contributed by atoms with E-state index in [0.717, 1.165) is 38.9 Å². The Morgan fingerprint density at radius 3 is 2.81 bits per heavy atom. The summed E-state index contributed by atoms with van der Waals surface area (Å²) in [5.41, 5.74) is 6.23. The van der Waals surface area contributed by atoms with Gasteiger partial charge in [-0.05, 0) is 43.9 Å². The molecule has 2 saturated heterocycles. The highest BCUT2D eigenvalue weighted by molar-refractivity contribution is 7.85. The number of ether oxygens (including phenoxy) is 2. The Kier molecular flexibility index (Phi) is 4.54. The molecule has 0 radical (unpaired) electrons. The molecule has 3 rings (SSSR count). The minimum absolute atomic E-state index is 0.0659. The van der Waals surface area contributed by atoms with Crippen LogP contribution in [0, 0.1) is 0 Å². The van der Waals surface area contributed by atoms with E-state index in [1.807, 2.05) is 0 Å². The molecule has 2 unspecified atom stereocenters. The molecule has 21 heavy (non-hydrogen) atoms. The van der Waals surface area contributed by atoms with E-state index in [9.17, 15) is 4.21 Å². The maximum absolute atomic E-state index is 12.9. The number of rotatable bonds is 2. The predicted octanol–water partition coefficient (Wildman–Crippen LogP) is 2.76. The maximum Gasteiger partial charge on any atom is 0.0738 e. The van der Waals surface area contributed by atoms with Gasteiger partial charge in [-0.1, -0.05) is 11.6 Å². The van der Waals surface area contributed by atoms with E-state index in [4.69, 9.17) is 26.8 Å². The monoisotopic (exact) mass is 329 g/mol. The van der Waals surface area contributed by atoms with Crippen molar-refractivity contribution >= 4 is 28.1 Å². The smallest absolute Gasteiger partial charge is 0.0738 e. The summed E-state index contributed by atoms with van der Waals surface area (Å²) in [6, 6.07) is 5.17. The van der Waals surface area contributed by atoms with Crippen LogP contribution in [-0.4, -0.2) is 34.9 Å². The van der Waals surface area contributed by atoms with Crippen molar-refractivity contribution < 1.29 is 13.7 Å². The number of benzene rings is 1. The third-order valence-corrected chi connectivity index (χ3v) is 6.55. The summed E-state index contributed by atoms with van der Waals surface area (Å²) in [5, 5.41) is 0.589. The summed E-state index contributed by atoms with van der Waals surface area (Å²) >= 11 is 6.19. The molecule has 2 atom stereocenters. The summed E-state index contributed by atoms with van der Waals surface area (Å²) in [6.45, 7) is 2.09. The predicted molar refractivity (Wildman–Crippen MR) is 84.0 cm³/mol. The molecule has 6 heteroatoms. The number of nitrogen functional groups attached to an aromatic ring is 1. The number of hydrogen-bond acceptors (Lipinski definition) is 4. The van der Waals surface area contributed by atoms with Crippen molar-refractivity contribution in [2.24, 2.45) is 0 Å². The average Bonchev–Trinajstić information content (AvgIpc) is 2.50. The molecule has 1 spiro atoms. The van der Waals surface area contributed by atoms with Crippen LogP contribution in [0.3, 0.4) is 0 Å². The molecular formula is C15H20ClNO3S. The van der Waals surface area contributed by atoms with Crippen molar-refractivity contribution in [1.82, 2.24) is 0 Å². The molecule has 0 aliphatic carbocycles. The fourth-order valence-electron chi connectivity index (χ4n) is 3.11. The van der Waals surface area contributed by atoms with Gasteiger partial charge >= 0.3 is 0 Å². The Balaban J connectivity index is 1.79. The molecule has 4 nitrogen and oxygen atoms in total. The summed E-state index contributed by atoms with van der Waals surface area (Å²) in [4.78, 5) is 0.644. The van der Waals surface area contributed by atoms with E-state index >= 15 is 0 Å². The van der Waals surface area contributed by atoms with Gasteiger partial charge < -0.3 is 15.2 Å². The first-order chi connectivity index (χ1) is 10.1. The number of nitrogens with two attached hydrogens (primary N) is 1. The van der Waals surface area contributed by atoms with Crippen LogP contribution in [0.25, 0.3) is 0 Å². The first kappa shape index (κ1) is 15.3. The van der Waals surface area contributed by atoms with Gasteiger partial charge in [-0.3, -0.25) is 4.21 Å². The standard InChI is InChI=1S/C15H20ClNO3S/c16-13-2-1-11(17)9-14(13)21(18)12-3-6-20-15(10-12)4-7-19-8-5-15/h1-2,9,12H,3-8,10,17H2. The number of hydrogen-bond donors (Lipinski definition) is 1. The highest BCUT2D eigenvalue weighted by atomic mass is 35.5. The van der Waals surface area contributed by atoms with Crippen molar-refractivity contribution in [3.63, 3.8) is 0 Å². The first-order valence-electron chi connectivity index (χ1n) is 7.27.